The summed E-state index contributed by atoms with van der Waals surface area (Å²) in [7, 11) is -2.61. The third kappa shape index (κ3) is 8.48. The molecule has 0 spiro atoms. The predicted molar refractivity (Wildman–Crippen MR) is 167 cm³/mol. The summed E-state index contributed by atoms with van der Waals surface area (Å²) in [6, 6.07) is 25.7. The molecule has 0 saturated heterocycles. The molecule has 10 nitrogen and oxygen atoms in total. The van der Waals surface area contributed by atoms with Crippen LogP contribution < -0.4 is 24.5 Å². The van der Waals surface area contributed by atoms with Crippen LogP contribution in [0.5, 0.6) is 11.5 Å². The summed E-state index contributed by atoms with van der Waals surface area (Å²) in [5.41, 5.74) is 3.60. The molecule has 0 fully saturated rings. The number of methoxy groups -OCH3 is 1. The van der Waals surface area contributed by atoms with Crippen LogP contribution in [0.2, 0.25) is 10.0 Å². The van der Waals surface area contributed by atoms with Gasteiger partial charge in [-0.15, -0.1) is 0 Å². The number of ether oxygens (including phenoxy) is 2. The van der Waals surface area contributed by atoms with Crippen LogP contribution in [0, 0.1) is 0 Å². The maximum absolute atomic E-state index is 13.4. The number of nitrogens with zero attached hydrogens (tertiary/aromatic N) is 2. The standard InChI is InChI=1S/C30H26Cl2N4O6S/c1-41-23-16-12-22(13-17-23)34-29(38)20-42-24-14-10-21(11-15-24)18-33-35-28(37)19-36(27-9-5-8-26(31)30(27)32)43(39,40)25-6-3-2-4-7-25/h2-18H,19-20H2,1H3,(H,34,38)(H,35,37)/b33-18-. The Morgan fingerprint density at radius 3 is 2.21 bits per heavy atom. The molecule has 0 aliphatic rings. The molecule has 43 heavy (non-hydrogen) atoms. The van der Waals surface area contributed by atoms with Crippen molar-refractivity contribution in [3.63, 3.8) is 0 Å². The maximum atomic E-state index is 13.4. The van der Waals surface area contributed by atoms with Gasteiger partial charge in [0.15, 0.2) is 6.61 Å². The van der Waals surface area contributed by atoms with E-state index in [9.17, 15) is 18.0 Å². The van der Waals surface area contributed by atoms with E-state index in [1.165, 1.54) is 36.5 Å². The summed E-state index contributed by atoms with van der Waals surface area (Å²) in [6.07, 6.45) is 1.38. The Morgan fingerprint density at radius 2 is 1.53 bits per heavy atom. The Kier molecular flexibility index (Phi) is 10.6. The van der Waals surface area contributed by atoms with Gasteiger partial charge in [-0.05, 0) is 78.4 Å². The lowest BCUT2D eigenvalue weighted by atomic mass is 10.2. The number of carbonyl (C=O) groups is 2. The summed E-state index contributed by atoms with van der Waals surface area (Å²) >= 11 is 12.4. The van der Waals surface area contributed by atoms with Crippen molar-refractivity contribution in [3.05, 3.63) is 113 Å². The molecule has 0 aliphatic heterocycles. The Bertz CT molecular complexity index is 1700. The van der Waals surface area contributed by atoms with E-state index in [0.717, 1.165) is 4.31 Å². The molecule has 0 saturated carbocycles. The quantitative estimate of drug-likeness (QED) is 0.158. The maximum Gasteiger partial charge on any atom is 0.264 e. The summed E-state index contributed by atoms with van der Waals surface area (Å²) in [4.78, 5) is 24.9. The molecule has 0 aliphatic carbocycles. The molecule has 0 atom stereocenters. The molecule has 0 aromatic heterocycles. The molecule has 13 heteroatoms. The fourth-order valence-corrected chi connectivity index (χ4v) is 5.62. The molecule has 0 bridgehead atoms. The van der Waals surface area contributed by atoms with Gasteiger partial charge < -0.3 is 14.8 Å². The number of carbonyl (C=O) groups excluding carboxylic acids is 2. The summed E-state index contributed by atoms with van der Waals surface area (Å²) in [6.45, 7) is -0.811. The molecule has 4 aromatic rings. The van der Waals surface area contributed by atoms with Gasteiger partial charge in [-0.2, -0.15) is 5.10 Å². The normalized spacial score (nSPS) is 11.1. The van der Waals surface area contributed by atoms with E-state index < -0.39 is 22.5 Å². The number of sulfonamides is 1. The fraction of sp³-hybridized carbons (Fsp3) is 0.100. The van der Waals surface area contributed by atoms with E-state index >= 15 is 0 Å². The zero-order valence-electron chi connectivity index (χ0n) is 22.7. The van der Waals surface area contributed by atoms with E-state index in [2.05, 4.69) is 15.8 Å². The van der Waals surface area contributed by atoms with Crippen molar-refractivity contribution in [3.8, 4) is 11.5 Å². The van der Waals surface area contributed by atoms with E-state index in [0.29, 0.717) is 22.7 Å². The minimum absolute atomic E-state index is 0.0134. The number of hydrazone groups is 1. The largest absolute Gasteiger partial charge is 0.497 e. The van der Waals surface area contributed by atoms with Gasteiger partial charge in [0.2, 0.25) is 0 Å². The molecule has 0 unspecified atom stereocenters. The average molecular weight is 642 g/mol. The topological polar surface area (TPSA) is 126 Å². The van der Waals surface area contributed by atoms with E-state index in [-0.39, 0.29) is 33.1 Å². The van der Waals surface area contributed by atoms with Gasteiger partial charge in [-0.1, -0.05) is 47.5 Å². The lowest BCUT2D eigenvalue weighted by Crippen LogP contribution is -2.39. The number of amides is 2. The molecule has 4 rings (SSSR count). The highest BCUT2D eigenvalue weighted by Gasteiger charge is 2.29. The SMILES string of the molecule is COc1ccc(NC(=O)COc2ccc(/C=N\NC(=O)CN(c3cccc(Cl)c3Cl)S(=O)(=O)c3ccccc3)cc2)cc1. The second kappa shape index (κ2) is 14.5. The van der Waals surface area contributed by atoms with Crippen LogP contribution >= 0.6 is 23.2 Å². The van der Waals surface area contributed by atoms with Crippen LogP contribution in [0.4, 0.5) is 11.4 Å². The van der Waals surface area contributed by atoms with Gasteiger partial charge in [0.1, 0.15) is 18.0 Å². The molecular weight excluding hydrogens is 615 g/mol. The monoisotopic (exact) mass is 640 g/mol. The third-order valence-corrected chi connectivity index (χ3v) is 8.43. The fourth-order valence-electron chi connectivity index (χ4n) is 3.72. The Balaban J connectivity index is 1.35. The predicted octanol–water partition coefficient (Wildman–Crippen LogP) is 5.37. The molecule has 0 heterocycles. The summed E-state index contributed by atoms with van der Waals surface area (Å²) < 4.78 is 38.4. The van der Waals surface area contributed by atoms with Crippen molar-refractivity contribution < 1.29 is 27.5 Å². The van der Waals surface area contributed by atoms with Crippen LogP contribution in [0.1, 0.15) is 5.56 Å². The Labute approximate surface area is 258 Å². The number of rotatable bonds is 12. The molecule has 2 amide bonds. The number of halogens is 2. The van der Waals surface area contributed by atoms with Crippen molar-refractivity contribution in [2.75, 3.05) is 29.9 Å². The minimum atomic E-state index is -4.17. The third-order valence-electron chi connectivity index (χ3n) is 5.84. The molecule has 222 valence electrons. The van der Waals surface area contributed by atoms with Crippen molar-refractivity contribution >= 4 is 62.6 Å². The first kappa shape index (κ1) is 31.4. The van der Waals surface area contributed by atoms with Crippen LogP contribution in [0.25, 0.3) is 0 Å². The highest BCUT2D eigenvalue weighted by atomic mass is 35.5. The minimum Gasteiger partial charge on any atom is -0.497 e. The van der Waals surface area contributed by atoms with Gasteiger partial charge in [0.05, 0.1) is 34.0 Å². The van der Waals surface area contributed by atoms with Gasteiger partial charge in [0.25, 0.3) is 21.8 Å². The number of anilines is 2. The summed E-state index contributed by atoms with van der Waals surface area (Å²) in [5, 5.41) is 6.77. The van der Waals surface area contributed by atoms with E-state index in [4.69, 9.17) is 32.7 Å². The molecular formula is C30H26Cl2N4O6S. The highest BCUT2D eigenvalue weighted by molar-refractivity contribution is 7.92. The number of benzene rings is 4. The van der Waals surface area contributed by atoms with Gasteiger partial charge in [0, 0.05) is 5.69 Å². The molecule has 4 aromatic carbocycles. The Hall–Kier alpha value is -4.58. The van der Waals surface area contributed by atoms with Gasteiger partial charge in [-0.25, -0.2) is 13.8 Å². The van der Waals surface area contributed by atoms with Crippen molar-refractivity contribution in [2.45, 2.75) is 4.90 Å². The van der Waals surface area contributed by atoms with Crippen molar-refractivity contribution in [1.82, 2.24) is 5.43 Å². The number of hydrogen-bond acceptors (Lipinski definition) is 7. The van der Waals surface area contributed by atoms with Crippen LogP contribution in [-0.4, -0.2) is 46.7 Å². The van der Waals surface area contributed by atoms with Crippen LogP contribution in [-0.2, 0) is 19.6 Å². The average Bonchev–Trinajstić information content (AvgIpc) is 3.02. The number of nitrogens with one attached hydrogen (secondary N) is 2. The summed E-state index contributed by atoms with van der Waals surface area (Å²) in [5.74, 6) is 0.0830. The molecule has 2 N–H and O–H groups in total. The zero-order chi connectivity index (χ0) is 30.8. The highest BCUT2D eigenvalue weighted by Crippen LogP contribution is 2.35. The van der Waals surface area contributed by atoms with E-state index in [1.54, 1.807) is 73.8 Å². The zero-order valence-corrected chi connectivity index (χ0v) is 25.1. The first-order valence-electron chi connectivity index (χ1n) is 12.7. The second-order valence-electron chi connectivity index (χ2n) is 8.83. The lowest BCUT2D eigenvalue weighted by Gasteiger charge is -2.24. The van der Waals surface area contributed by atoms with Crippen molar-refractivity contribution in [2.24, 2.45) is 5.10 Å². The van der Waals surface area contributed by atoms with E-state index in [1.807, 2.05) is 0 Å². The smallest absolute Gasteiger partial charge is 0.264 e. The van der Waals surface area contributed by atoms with Crippen LogP contribution in [0.3, 0.4) is 0 Å². The van der Waals surface area contributed by atoms with Gasteiger partial charge >= 0.3 is 0 Å². The first-order valence-corrected chi connectivity index (χ1v) is 14.9. The van der Waals surface area contributed by atoms with Crippen molar-refractivity contribution in [1.29, 1.82) is 0 Å². The number of hydrogen-bond donors (Lipinski definition) is 2. The van der Waals surface area contributed by atoms with Gasteiger partial charge in [-0.3, -0.25) is 13.9 Å². The Morgan fingerprint density at radius 1 is 0.860 bits per heavy atom. The molecule has 0 radical (unpaired) electrons. The van der Waals surface area contributed by atoms with Crippen LogP contribution in [0.15, 0.2) is 107 Å². The lowest BCUT2D eigenvalue weighted by molar-refractivity contribution is -0.119. The first-order chi connectivity index (χ1) is 20.7. The second-order valence-corrected chi connectivity index (χ2v) is 11.5.